The zero-order chi connectivity index (χ0) is 20.4. The fourth-order valence-electron chi connectivity index (χ4n) is 2.86. The normalized spacial score (nSPS) is 17.8. The molecule has 0 saturated carbocycles. The van der Waals surface area contributed by atoms with Crippen LogP contribution in [0.15, 0.2) is 0 Å². The summed E-state index contributed by atoms with van der Waals surface area (Å²) in [5.74, 6) is -0.748. The predicted octanol–water partition coefficient (Wildman–Crippen LogP) is -0.165. The quantitative estimate of drug-likeness (QED) is 0.439. The summed E-state index contributed by atoms with van der Waals surface area (Å²) in [6.45, 7) is 9.76. The zero-order valence-electron chi connectivity index (χ0n) is 16.8. The average molecular weight is 386 g/mol. The maximum absolute atomic E-state index is 12.7. The molecule has 4 amide bonds. The van der Waals surface area contributed by atoms with Gasteiger partial charge >= 0.3 is 6.03 Å². The number of morpholine rings is 1. The van der Waals surface area contributed by atoms with Gasteiger partial charge in [-0.3, -0.25) is 9.59 Å². The van der Waals surface area contributed by atoms with E-state index >= 15 is 0 Å². The molecule has 0 aromatic carbocycles. The van der Waals surface area contributed by atoms with Crippen molar-refractivity contribution in [1.29, 1.82) is 0 Å². The molecule has 1 aliphatic heterocycles. The van der Waals surface area contributed by atoms with Gasteiger partial charge in [0, 0.05) is 19.6 Å². The van der Waals surface area contributed by atoms with E-state index in [1.165, 1.54) is 0 Å². The number of likely N-dealkylation sites (N-methyl/N-ethyl adjacent to an activating group) is 1. The second-order valence-electron chi connectivity index (χ2n) is 7.09. The van der Waals surface area contributed by atoms with Crippen LogP contribution in [0.3, 0.4) is 0 Å². The highest BCUT2D eigenvalue weighted by molar-refractivity contribution is 5.88. The number of amides is 4. The predicted molar refractivity (Wildman–Crippen MR) is 101 cm³/mol. The van der Waals surface area contributed by atoms with Crippen molar-refractivity contribution >= 4 is 17.8 Å². The van der Waals surface area contributed by atoms with Crippen LogP contribution in [0.2, 0.25) is 0 Å². The van der Waals surface area contributed by atoms with Crippen LogP contribution in [0.4, 0.5) is 4.79 Å². The van der Waals surface area contributed by atoms with Gasteiger partial charge in [-0.05, 0) is 25.7 Å². The van der Waals surface area contributed by atoms with Gasteiger partial charge in [0.2, 0.25) is 5.91 Å². The van der Waals surface area contributed by atoms with Crippen molar-refractivity contribution in [2.75, 3.05) is 32.8 Å². The maximum atomic E-state index is 12.7. The average Bonchev–Trinajstić information content (AvgIpc) is 2.65. The topological polar surface area (TPSA) is 120 Å². The van der Waals surface area contributed by atoms with Crippen molar-refractivity contribution in [3.8, 4) is 0 Å². The summed E-state index contributed by atoms with van der Waals surface area (Å²) < 4.78 is 5.24. The third kappa shape index (κ3) is 7.72. The van der Waals surface area contributed by atoms with Crippen molar-refractivity contribution in [2.24, 2.45) is 5.92 Å². The van der Waals surface area contributed by atoms with Gasteiger partial charge in [-0.1, -0.05) is 20.8 Å². The molecule has 0 aromatic heterocycles. The third-order valence-electron chi connectivity index (χ3n) is 4.39. The smallest absolute Gasteiger partial charge is 0.318 e. The number of ether oxygens (including phenoxy) is 1. The highest BCUT2D eigenvalue weighted by atomic mass is 16.5. The number of aliphatic hydroxyl groups excluding tert-OH is 1. The molecule has 0 bridgehead atoms. The number of carbonyl (C=O) groups excluding carboxylic acids is 3. The second-order valence-corrected chi connectivity index (χ2v) is 7.09. The van der Waals surface area contributed by atoms with Crippen molar-refractivity contribution < 1.29 is 24.2 Å². The lowest BCUT2D eigenvalue weighted by molar-refractivity contribution is -0.132. The first kappa shape index (κ1) is 23.2. The van der Waals surface area contributed by atoms with Gasteiger partial charge in [0.1, 0.15) is 6.04 Å². The molecule has 156 valence electrons. The molecule has 1 saturated heterocycles. The van der Waals surface area contributed by atoms with Gasteiger partial charge in [-0.15, -0.1) is 0 Å². The van der Waals surface area contributed by atoms with Gasteiger partial charge in [0.05, 0.1) is 19.3 Å². The zero-order valence-corrected chi connectivity index (χ0v) is 16.8. The monoisotopic (exact) mass is 386 g/mol. The maximum Gasteiger partial charge on any atom is 0.318 e. The van der Waals surface area contributed by atoms with Crippen LogP contribution in [-0.4, -0.2) is 78.9 Å². The van der Waals surface area contributed by atoms with Crippen LogP contribution >= 0.6 is 0 Å². The van der Waals surface area contributed by atoms with Gasteiger partial charge in [-0.2, -0.15) is 0 Å². The molecule has 1 rings (SSSR count). The van der Waals surface area contributed by atoms with Crippen LogP contribution in [0.5, 0.6) is 0 Å². The minimum atomic E-state index is -1.34. The molecule has 9 heteroatoms. The van der Waals surface area contributed by atoms with E-state index in [1.807, 2.05) is 13.8 Å². The molecule has 1 heterocycles. The Morgan fingerprint density at radius 2 is 1.70 bits per heavy atom. The van der Waals surface area contributed by atoms with Crippen molar-refractivity contribution in [2.45, 2.75) is 58.7 Å². The Bertz CT molecular complexity index is 494. The van der Waals surface area contributed by atoms with Crippen molar-refractivity contribution in [1.82, 2.24) is 20.9 Å². The van der Waals surface area contributed by atoms with Crippen LogP contribution in [0.1, 0.15) is 40.5 Å². The first-order chi connectivity index (χ1) is 12.8. The number of hydrogen-bond donors (Lipinski definition) is 4. The van der Waals surface area contributed by atoms with Crippen LogP contribution < -0.4 is 16.0 Å². The summed E-state index contributed by atoms with van der Waals surface area (Å²) in [7, 11) is 0. The summed E-state index contributed by atoms with van der Waals surface area (Å²) in [6.07, 6.45) is -0.501. The lowest BCUT2D eigenvalue weighted by Crippen LogP contribution is -2.57. The van der Waals surface area contributed by atoms with E-state index < -0.39 is 30.0 Å². The number of urea groups is 1. The Hall–Kier alpha value is -1.87. The minimum absolute atomic E-state index is 0.180. The van der Waals surface area contributed by atoms with Crippen LogP contribution in [0, 0.1) is 5.92 Å². The summed E-state index contributed by atoms with van der Waals surface area (Å²) in [5.41, 5.74) is 0. The Labute approximate surface area is 161 Å². The van der Waals surface area contributed by atoms with Gasteiger partial charge < -0.3 is 30.7 Å². The number of rotatable bonds is 9. The molecule has 4 N–H and O–H groups in total. The first-order valence-corrected chi connectivity index (χ1v) is 9.69. The third-order valence-corrected chi connectivity index (χ3v) is 4.39. The van der Waals surface area contributed by atoms with Gasteiger partial charge in [-0.25, -0.2) is 4.79 Å². The molecule has 3 atom stereocenters. The highest BCUT2D eigenvalue weighted by Gasteiger charge is 2.30. The standard InChI is InChI=1S/C18H34N4O5/c1-5-13(15(23)17(25)19-6-2)20-16(24)14(11-12(3)4)21-18(26)22-7-9-27-10-8-22/h12-15,23H,5-11H2,1-4H3,(H,19,25)(H,20,24)(H,21,26)/t13-,14-,15?/m0/s1. The fraction of sp³-hybridized carbons (Fsp3) is 0.833. The van der Waals surface area contributed by atoms with E-state index in [4.69, 9.17) is 4.74 Å². The molecule has 0 aliphatic carbocycles. The number of carbonyl (C=O) groups is 3. The van der Waals surface area contributed by atoms with E-state index in [9.17, 15) is 19.5 Å². The lowest BCUT2D eigenvalue weighted by Gasteiger charge is -2.30. The summed E-state index contributed by atoms with van der Waals surface area (Å²) in [5, 5.41) is 18.2. The van der Waals surface area contributed by atoms with E-state index in [2.05, 4.69) is 16.0 Å². The summed E-state index contributed by atoms with van der Waals surface area (Å²) in [4.78, 5) is 38.7. The Morgan fingerprint density at radius 3 is 2.22 bits per heavy atom. The molecule has 0 aromatic rings. The van der Waals surface area contributed by atoms with Crippen molar-refractivity contribution in [3.63, 3.8) is 0 Å². The molecule has 1 unspecified atom stereocenters. The van der Waals surface area contributed by atoms with Gasteiger partial charge in [0.15, 0.2) is 6.10 Å². The summed E-state index contributed by atoms with van der Waals surface area (Å²) in [6, 6.07) is -1.77. The van der Waals surface area contributed by atoms with E-state index in [0.717, 1.165) is 0 Å². The minimum Gasteiger partial charge on any atom is -0.381 e. The van der Waals surface area contributed by atoms with Crippen molar-refractivity contribution in [3.05, 3.63) is 0 Å². The summed E-state index contributed by atoms with van der Waals surface area (Å²) >= 11 is 0. The largest absolute Gasteiger partial charge is 0.381 e. The van der Waals surface area contributed by atoms with Gasteiger partial charge in [0.25, 0.3) is 5.91 Å². The van der Waals surface area contributed by atoms with Crippen LogP contribution in [-0.2, 0) is 14.3 Å². The Balaban J connectivity index is 2.74. The number of nitrogens with one attached hydrogen (secondary N) is 3. The fourth-order valence-corrected chi connectivity index (χ4v) is 2.86. The second kappa shape index (κ2) is 11.8. The number of aliphatic hydroxyl groups is 1. The van der Waals surface area contributed by atoms with E-state index in [-0.39, 0.29) is 11.9 Å². The molecule has 0 spiro atoms. The lowest BCUT2D eigenvalue weighted by atomic mass is 10.0. The SMILES string of the molecule is CCNC(=O)C(O)[C@H](CC)NC(=O)[C@H](CC(C)C)NC(=O)N1CCOCC1. The molecule has 0 radical (unpaired) electrons. The van der Waals surface area contributed by atoms with E-state index in [0.29, 0.717) is 45.7 Å². The molecule has 1 aliphatic rings. The Morgan fingerprint density at radius 1 is 1.07 bits per heavy atom. The van der Waals surface area contributed by atoms with E-state index in [1.54, 1.807) is 18.7 Å². The number of hydrogen-bond acceptors (Lipinski definition) is 5. The molecule has 1 fully saturated rings. The molecule has 9 nitrogen and oxygen atoms in total. The number of nitrogens with zero attached hydrogens (tertiary/aromatic N) is 1. The van der Waals surface area contributed by atoms with Crippen LogP contribution in [0.25, 0.3) is 0 Å². The molecular weight excluding hydrogens is 352 g/mol. The molecule has 27 heavy (non-hydrogen) atoms. The highest BCUT2D eigenvalue weighted by Crippen LogP contribution is 2.09. The Kier molecular flexibility index (Phi) is 10.1. The first-order valence-electron chi connectivity index (χ1n) is 9.69. The molecular formula is C18H34N4O5.